The quantitative estimate of drug-likeness (QED) is 0.372. The molecule has 0 unspecified atom stereocenters. The molecule has 0 aliphatic rings. The molecule has 0 saturated carbocycles. The fourth-order valence-electron chi connectivity index (χ4n) is 3.70. The molecular formula is C24H38ClN3O2. The topological polar surface area (TPSA) is 39.5 Å². The van der Waals surface area contributed by atoms with Crippen LogP contribution in [0.15, 0.2) is 18.2 Å². The third-order valence-corrected chi connectivity index (χ3v) is 5.69. The molecular weight excluding hydrogens is 398 g/mol. The van der Waals surface area contributed by atoms with E-state index in [4.69, 9.17) is 26.2 Å². The Hall–Kier alpha value is -1.72. The summed E-state index contributed by atoms with van der Waals surface area (Å²) in [6, 6.07) is 5.52. The van der Waals surface area contributed by atoms with Crippen LogP contribution in [-0.4, -0.2) is 49.0 Å². The predicted octanol–water partition coefficient (Wildman–Crippen LogP) is 5.41. The number of hydrogen-bond donors (Lipinski definition) is 0. The third-order valence-electron chi connectivity index (χ3n) is 5.40. The number of ether oxygens (including phenoxy) is 2. The molecule has 1 aromatic carbocycles. The molecule has 30 heavy (non-hydrogen) atoms. The zero-order valence-corrected chi connectivity index (χ0v) is 20.1. The maximum Gasteiger partial charge on any atom is 0.138 e. The Bertz CT molecular complexity index is 774. The number of aromatic nitrogens is 2. The zero-order chi connectivity index (χ0) is 21.9. The lowest BCUT2D eigenvalue weighted by atomic mass is 10.0. The normalized spacial score (nSPS) is 11.3. The zero-order valence-electron chi connectivity index (χ0n) is 19.3. The van der Waals surface area contributed by atoms with E-state index < -0.39 is 0 Å². The van der Waals surface area contributed by atoms with Crippen molar-refractivity contribution in [2.24, 2.45) is 0 Å². The first kappa shape index (κ1) is 24.5. The van der Waals surface area contributed by atoms with Crippen molar-refractivity contribution in [3.8, 4) is 11.5 Å². The fourth-order valence-corrected chi connectivity index (χ4v) is 3.93. The smallest absolute Gasteiger partial charge is 0.138 e. The molecule has 1 aromatic heterocycles. The van der Waals surface area contributed by atoms with Gasteiger partial charge in [-0.1, -0.05) is 38.3 Å². The average molecular weight is 436 g/mol. The second-order valence-corrected chi connectivity index (χ2v) is 8.32. The highest BCUT2D eigenvalue weighted by Crippen LogP contribution is 2.28. The van der Waals surface area contributed by atoms with Crippen molar-refractivity contribution in [3.05, 3.63) is 40.2 Å². The number of likely N-dealkylation sites (N-methyl/N-ethyl adjacent to an activating group) is 1. The van der Waals surface area contributed by atoms with Crippen molar-refractivity contribution in [2.75, 3.05) is 34.4 Å². The van der Waals surface area contributed by atoms with Crippen molar-refractivity contribution in [3.63, 3.8) is 0 Å². The first-order valence-electron chi connectivity index (χ1n) is 11.2. The highest BCUT2D eigenvalue weighted by Gasteiger charge is 2.15. The summed E-state index contributed by atoms with van der Waals surface area (Å²) in [5.74, 6) is 1.47. The summed E-state index contributed by atoms with van der Waals surface area (Å²) >= 11 is 6.22. The molecule has 0 N–H and O–H groups in total. The Balaban J connectivity index is 1.76. The lowest BCUT2D eigenvalue weighted by molar-refractivity contribution is 0.304. The lowest BCUT2D eigenvalue weighted by Crippen LogP contribution is -2.20. The number of rotatable bonds is 14. The van der Waals surface area contributed by atoms with Crippen LogP contribution in [0.5, 0.6) is 11.5 Å². The molecule has 5 nitrogen and oxygen atoms in total. The summed E-state index contributed by atoms with van der Waals surface area (Å²) in [6.45, 7) is 7.13. The molecule has 168 valence electrons. The number of unbranched alkanes of at least 4 members (excludes halogenated alkanes) is 3. The number of aryl methyl sites for hydroxylation is 1. The monoisotopic (exact) mass is 435 g/mol. The molecule has 2 rings (SSSR count). The van der Waals surface area contributed by atoms with E-state index in [0.717, 1.165) is 56.7 Å². The summed E-state index contributed by atoms with van der Waals surface area (Å²) in [6.07, 6.45) is 7.77. The summed E-state index contributed by atoms with van der Waals surface area (Å²) < 4.78 is 13.2. The van der Waals surface area contributed by atoms with Gasteiger partial charge in [0.25, 0.3) is 0 Å². The van der Waals surface area contributed by atoms with Crippen molar-refractivity contribution in [1.29, 1.82) is 0 Å². The Morgan fingerprint density at radius 3 is 2.47 bits per heavy atom. The minimum Gasteiger partial charge on any atom is -0.497 e. The summed E-state index contributed by atoms with van der Waals surface area (Å²) in [5.41, 5.74) is 4.19. The van der Waals surface area contributed by atoms with Gasteiger partial charge in [0.15, 0.2) is 0 Å². The van der Waals surface area contributed by atoms with Gasteiger partial charge in [-0.25, -0.2) is 0 Å². The first-order valence-corrected chi connectivity index (χ1v) is 11.6. The van der Waals surface area contributed by atoms with E-state index in [2.05, 4.69) is 37.5 Å². The van der Waals surface area contributed by atoms with Crippen LogP contribution in [0.2, 0.25) is 5.02 Å². The van der Waals surface area contributed by atoms with E-state index in [9.17, 15) is 0 Å². The van der Waals surface area contributed by atoms with Gasteiger partial charge in [0.2, 0.25) is 0 Å². The Labute approximate surface area is 187 Å². The van der Waals surface area contributed by atoms with E-state index in [1.165, 1.54) is 29.8 Å². The molecule has 0 spiro atoms. The van der Waals surface area contributed by atoms with E-state index in [1.807, 2.05) is 12.1 Å². The van der Waals surface area contributed by atoms with Crippen LogP contribution in [0.4, 0.5) is 0 Å². The summed E-state index contributed by atoms with van der Waals surface area (Å²) in [4.78, 5) is 2.22. The lowest BCUT2D eigenvalue weighted by Gasteiger charge is -2.12. The molecule has 1 heterocycles. The van der Waals surface area contributed by atoms with Gasteiger partial charge >= 0.3 is 0 Å². The number of methoxy groups -OCH3 is 1. The maximum atomic E-state index is 6.22. The first-order chi connectivity index (χ1) is 14.5. The molecule has 2 aromatic rings. The van der Waals surface area contributed by atoms with Crippen LogP contribution in [0.3, 0.4) is 0 Å². The molecule has 0 atom stereocenters. The fraction of sp³-hybridized carbons (Fsp3) is 0.625. The van der Waals surface area contributed by atoms with Gasteiger partial charge in [-0.3, -0.25) is 4.68 Å². The number of hydrogen-bond acceptors (Lipinski definition) is 4. The molecule has 0 aliphatic heterocycles. The van der Waals surface area contributed by atoms with Gasteiger partial charge in [-0.05, 0) is 63.9 Å². The highest BCUT2D eigenvalue weighted by atomic mass is 35.5. The number of nitrogens with zero attached hydrogens (tertiary/aromatic N) is 3. The summed E-state index contributed by atoms with van der Waals surface area (Å²) in [7, 11) is 5.86. The van der Waals surface area contributed by atoms with Crippen LogP contribution in [0, 0.1) is 0 Å². The van der Waals surface area contributed by atoms with Crippen LogP contribution < -0.4 is 9.47 Å². The van der Waals surface area contributed by atoms with Crippen LogP contribution in [-0.2, 0) is 25.8 Å². The van der Waals surface area contributed by atoms with Crippen LogP contribution in [0.25, 0.3) is 0 Å². The second kappa shape index (κ2) is 12.9. The van der Waals surface area contributed by atoms with Crippen molar-refractivity contribution in [2.45, 2.75) is 65.3 Å². The van der Waals surface area contributed by atoms with E-state index >= 15 is 0 Å². The van der Waals surface area contributed by atoms with Gasteiger partial charge in [0.1, 0.15) is 11.5 Å². The molecule has 0 aliphatic carbocycles. The minimum absolute atomic E-state index is 0.597. The molecule has 6 heteroatoms. The molecule has 0 amide bonds. The second-order valence-electron chi connectivity index (χ2n) is 7.91. The molecule has 0 saturated heterocycles. The average Bonchev–Trinajstić information content (AvgIpc) is 3.08. The largest absolute Gasteiger partial charge is 0.497 e. The summed E-state index contributed by atoms with van der Waals surface area (Å²) in [5, 5.41) is 5.50. The standard InChI is InChI=1S/C24H38ClN3O2/c1-6-22-20(23(7-2)28(26-22)16-15-27(3)4)12-10-8-9-11-17-30-24-14-13-19(29-5)18-21(24)25/h13-14,18H,6-12,15-17H2,1-5H3. The Morgan fingerprint density at radius 2 is 1.83 bits per heavy atom. The highest BCUT2D eigenvalue weighted by molar-refractivity contribution is 6.32. The number of halogens is 1. The number of benzene rings is 1. The van der Waals surface area contributed by atoms with Gasteiger partial charge in [0.05, 0.1) is 31.0 Å². The van der Waals surface area contributed by atoms with Crippen molar-refractivity contribution in [1.82, 2.24) is 14.7 Å². The van der Waals surface area contributed by atoms with Crippen molar-refractivity contribution < 1.29 is 9.47 Å². The molecule has 0 bridgehead atoms. The van der Waals surface area contributed by atoms with Gasteiger partial charge < -0.3 is 14.4 Å². The predicted molar refractivity (Wildman–Crippen MR) is 125 cm³/mol. The minimum atomic E-state index is 0.597. The third kappa shape index (κ3) is 7.21. The maximum absolute atomic E-state index is 6.22. The molecule has 0 fully saturated rings. The SMILES string of the molecule is CCc1nn(CCN(C)C)c(CC)c1CCCCCCOc1ccc(OC)cc1Cl. The van der Waals surface area contributed by atoms with Crippen molar-refractivity contribution >= 4 is 11.6 Å². The Morgan fingerprint density at radius 1 is 1.07 bits per heavy atom. The Kier molecular flexibility index (Phi) is 10.5. The van der Waals surface area contributed by atoms with Crippen LogP contribution >= 0.6 is 11.6 Å². The van der Waals surface area contributed by atoms with E-state index in [-0.39, 0.29) is 0 Å². The van der Waals surface area contributed by atoms with E-state index in [0.29, 0.717) is 11.6 Å². The van der Waals surface area contributed by atoms with Gasteiger partial charge in [-0.2, -0.15) is 5.10 Å². The molecule has 0 radical (unpaired) electrons. The van der Waals surface area contributed by atoms with E-state index in [1.54, 1.807) is 13.2 Å². The van der Waals surface area contributed by atoms with Gasteiger partial charge in [0, 0.05) is 18.3 Å². The van der Waals surface area contributed by atoms with Crippen LogP contribution in [0.1, 0.15) is 56.5 Å². The van der Waals surface area contributed by atoms with Gasteiger partial charge in [-0.15, -0.1) is 0 Å².